The van der Waals surface area contributed by atoms with E-state index in [1.54, 1.807) is 0 Å². The van der Waals surface area contributed by atoms with Gasteiger partial charge in [0.2, 0.25) is 10.0 Å². The molecule has 1 N–H and O–H groups in total. The molecule has 1 atom stereocenters. The third kappa shape index (κ3) is 6.79. The number of rotatable bonds is 12. The zero-order valence-electron chi connectivity index (χ0n) is 17.6. The van der Waals surface area contributed by atoms with Gasteiger partial charge in [-0.15, -0.1) is 0 Å². The topological polar surface area (TPSA) is 57.6 Å². The van der Waals surface area contributed by atoms with Crippen LogP contribution in [0.2, 0.25) is 0 Å². The van der Waals surface area contributed by atoms with Crippen LogP contribution in [-0.2, 0) is 42.7 Å². The Labute approximate surface area is 197 Å². The maximum atomic E-state index is 12.4. The zero-order chi connectivity index (χ0) is 19.9. The van der Waals surface area contributed by atoms with E-state index in [1.807, 2.05) is 24.3 Å². The third-order valence-corrected chi connectivity index (χ3v) is 7.11. The predicted molar refractivity (Wildman–Crippen MR) is 113 cm³/mol. The number of sulfonamides is 1. The van der Waals surface area contributed by atoms with Crippen LogP contribution in [0.3, 0.4) is 0 Å². The summed E-state index contributed by atoms with van der Waals surface area (Å²) >= 11 is 0. The minimum Gasteiger partial charge on any atom is -0.388 e. The second-order valence-corrected chi connectivity index (χ2v) is 9.97. The number of hydrogen-bond acceptors (Lipinski definition) is 3. The van der Waals surface area contributed by atoms with E-state index in [1.165, 1.54) is 17.0 Å². The predicted octanol–water partition coefficient (Wildman–Crippen LogP) is 5.24. The fourth-order valence-corrected chi connectivity index (χ4v) is 5.22. The SMILES string of the molecule is [CH2-]CCCCCCN(c1cccc(C(O)C2(CCC)CCC2)c1)S(C)(=O)=O.[Y]. The maximum Gasteiger partial charge on any atom is 0.232 e. The molecule has 1 fully saturated rings. The van der Waals surface area contributed by atoms with E-state index in [-0.39, 0.29) is 38.1 Å². The van der Waals surface area contributed by atoms with E-state index in [0.717, 1.165) is 63.4 Å². The molecule has 4 nitrogen and oxygen atoms in total. The molecule has 1 saturated carbocycles. The molecular formula is C22H36NO3SY-. The van der Waals surface area contributed by atoms with Crippen LogP contribution in [0, 0.1) is 12.3 Å². The first-order valence-electron chi connectivity index (χ1n) is 10.4. The van der Waals surface area contributed by atoms with Crippen LogP contribution < -0.4 is 4.31 Å². The summed E-state index contributed by atoms with van der Waals surface area (Å²) in [7, 11) is -3.35. The second-order valence-electron chi connectivity index (χ2n) is 8.07. The van der Waals surface area contributed by atoms with Crippen molar-refractivity contribution >= 4 is 15.7 Å². The van der Waals surface area contributed by atoms with Gasteiger partial charge in [-0.3, -0.25) is 4.31 Å². The summed E-state index contributed by atoms with van der Waals surface area (Å²) < 4.78 is 26.2. The largest absolute Gasteiger partial charge is 0.388 e. The Morgan fingerprint density at radius 2 is 1.89 bits per heavy atom. The smallest absolute Gasteiger partial charge is 0.232 e. The molecule has 1 aliphatic carbocycles. The quantitative estimate of drug-likeness (QED) is 0.327. The minimum atomic E-state index is -3.35. The summed E-state index contributed by atoms with van der Waals surface area (Å²) in [5, 5.41) is 11.0. The first kappa shape index (κ1) is 26.1. The van der Waals surface area contributed by atoms with E-state index in [0.29, 0.717) is 12.2 Å². The van der Waals surface area contributed by atoms with Crippen LogP contribution in [0.1, 0.15) is 82.8 Å². The molecule has 0 amide bonds. The summed E-state index contributed by atoms with van der Waals surface area (Å²) in [6.45, 7) is 6.48. The van der Waals surface area contributed by atoms with Crippen LogP contribution in [0.4, 0.5) is 5.69 Å². The van der Waals surface area contributed by atoms with Crippen LogP contribution >= 0.6 is 0 Å². The van der Waals surface area contributed by atoms with Crippen molar-refractivity contribution in [1.82, 2.24) is 0 Å². The minimum absolute atomic E-state index is 0. The number of aliphatic hydroxyl groups excluding tert-OH is 1. The third-order valence-electron chi connectivity index (χ3n) is 5.91. The fourth-order valence-electron chi connectivity index (χ4n) is 4.26. The summed E-state index contributed by atoms with van der Waals surface area (Å²) in [6, 6.07) is 7.50. The molecule has 0 heterocycles. The van der Waals surface area contributed by atoms with Crippen LogP contribution in [-0.4, -0.2) is 26.3 Å². The van der Waals surface area contributed by atoms with E-state index < -0.39 is 16.1 Å². The number of benzene rings is 1. The fraction of sp³-hybridized carbons (Fsp3) is 0.682. The van der Waals surface area contributed by atoms with Gasteiger partial charge in [-0.1, -0.05) is 51.2 Å². The number of anilines is 1. The molecule has 0 saturated heterocycles. The number of hydrogen-bond donors (Lipinski definition) is 1. The van der Waals surface area contributed by atoms with Gasteiger partial charge in [0.15, 0.2) is 0 Å². The molecule has 6 heteroatoms. The van der Waals surface area contributed by atoms with Crippen LogP contribution in [0.25, 0.3) is 0 Å². The van der Waals surface area contributed by atoms with Crippen molar-refractivity contribution < 1.29 is 46.2 Å². The van der Waals surface area contributed by atoms with E-state index >= 15 is 0 Å². The standard InChI is InChI=1S/C22H36NO3S.Y/c1-4-6-7-8-9-17-23(27(3,25)26)20-13-10-12-19(18-20)21(24)22(14-5-2)15-11-16-22;/h10,12-13,18,21,24H,1,4-9,11,14-17H2,2-3H3;/q-1;. The Morgan fingerprint density at radius 3 is 2.43 bits per heavy atom. The summed E-state index contributed by atoms with van der Waals surface area (Å²) in [6.07, 6.45) is 11.0. The average molecular weight is 484 g/mol. The zero-order valence-corrected chi connectivity index (χ0v) is 21.2. The molecule has 0 bridgehead atoms. The van der Waals surface area contributed by atoms with Crippen LogP contribution in [0.5, 0.6) is 0 Å². The Morgan fingerprint density at radius 1 is 1.21 bits per heavy atom. The summed E-state index contributed by atoms with van der Waals surface area (Å²) in [4.78, 5) is 0. The normalized spacial score (nSPS) is 16.7. The molecular weight excluding hydrogens is 447 g/mol. The van der Waals surface area contributed by atoms with Gasteiger partial charge in [0, 0.05) is 44.7 Å². The van der Waals surface area contributed by atoms with Crippen molar-refractivity contribution in [1.29, 1.82) is 0 Å². The summed E-state index contributed by atoms with van der Waals surface area (Å²) in [5.74, 6) is 0. The van der Waals surface area contributed by atoms with Gasteiger partial charge in [0.25, 0.3) is 0 Å². The van der Waals surface area contributed by atoms with E-state index in [4.69, 9.17) is 0 Å². The molecule has 1 aliphatic rings. The molecule has 1 unspecified atom stereocenters. The van der Waals surface area contributed by atoms with Crippen molar-refractivity contribution in [3.05, 3.63) is 36.8 Å². The molecule has 1 aromatic carbocycles. The Balaban J connectivity index is 0.00000392. The Hall–Kier alpha value is 0.0339. The molecule has 0 aliphatic heterocycles. The molecule has 157 valence electrons. The van der Waals surface area contributed by atoms with Gasteiger partial charge in [-0.05, 0) is 43.4 Å². The molecule has 1 aromatic rings. The molecule has 2 rings (SSSR count). The van der Waals surface area contributed by atoms with Gasteiger partial charge in [0.1, 0.15) is 0 Å². The molecule has 0 spiro atoms. The van der Waals surface area contributed by atoms with Crippen molar-refractivity contribution in [3.8, 4) is 0 Å². The van der Waals surface area contributed by atoms with Gasteiger partial charge < -0.3 is 12.0 Å². The van der Waals surface area contributed by atoms with E-state index in [9.17, 15) is 13.5 Å². The Kier molecular flexibility index (Phi) is 11.2. The van der Waals surface area contributed by atoms with E-state index in [2.05, 4.69) is 13.8 Å². The second kappa shape index (κ2) is 12.0. The van der Waals surface area contributed by atoms with Gasteiger partial charge in [-0.25, -0.2) is 8.42 Å². The van der Waals surface area contributed by atoms with Crippen molar-refractivity contribution in [3.63, 3.8) is 0 Å². The maximum absolute atomic E-state index is 12.4. The van der Waals surface area contributed by atoms with Crippen molar-refractivity contribution in [2.24, 2.45) is 5.41 Å². The summed E-state index contributed by atoms with van der Waals surface area (Å²) in [5.41, 5.74) is 1.47. The number of nitrogens with zero attached hydrogens (tertiary/aromatic N) is 1. The number of aliphatic hydroxyl groups is 1. The first-order chi connectivity index (χ1) is 12.8. The monoisotopic (exact) mass is 483 g/mol. The molecule has 28 heavy (non-hydrogen) atoms. The van der Waals surface area contributed by atoms with Crippen LogP contribution in [0.15, 0.2) is 24.3 Å². The van der Waals surface area contributed by atoms with Crippen molar-refractivity contribution in [2.45, 2.75) is 77.2 Å². The number of unbranched alkanes of at least 4 members (excludes halogenated alkanes) is 4. The molecule has 1 radical (unpaired) electrons. The van der Waals surface area contributed by atoms with Gasteiger partial charge >= 0.3 is 0 Å². The first-order valence-corrected chi connectivity index (χ1v) is 12.2. The van der Waals surface area contributed by atoms with Gasteiger partial charge in [-0.2, -0.15) is 6.42 Å². The Bertz CT molecular complexity index is 689. The van der Waals surface area contributed by atoms with Crippen molar-refractivity contribution in [2.75, 3.05) is 17.1 Å². The average Bonchev–Trinajstić information content (AvgIpc) is 2.59. The van der Waals surface area contributed by atoms with Gasteiger partial charge in [0.05, 0.1) is 18.0 Å². The molecule has 0 aromatic heterocycles.